The Morgan fingerprint density at radius 2 is 2.28 bits per heavy atom. The number of aryl methyl sites for hydroxylation is 1. The van der Waals surface area contributed by atoms with E-state index >= 15 is 0 Å². The topological polar surface area (TPSA) is 74.6 Å². The summed E-state index contributed by atoms with van der Waals surface area (Å²) in [5, 5.41) is 15.6. The SMILES string of the molecule is Cc1csc(N/N=C\c2ccccc2C(=O)O)n1. The van der Waals surface area contributed by atoms with Crippen LogP contribution in [0.2, 0.25) is 0 Å². The van der Waals surface area contributed by atoms with E-state index in [1.807, 2.05) is 12.3 Å². The van der Waals surface area contributed by atoms with Crippen LogP contribution in [0.25, 0.3) is 0 Å². The van der Waals surface area contributed by atoms with E-state index < -0.39 is 5.97 Å². The van der Waals surface area contributed by atoms with Gasteiger partial charge in [0.15, 0.2) is 0 Å². The molecular weight excluding hydrogens is 250 g/mol. The Labute approximate surface area is 108 Å². The Hall–Kier alpha value is -2.21. The maximum Gasteiger partial charge on any atom is 0.336 e. The largest absolute Gasteiger partial charge is 0.478 e. The van der Waals surface area contributed by atoms with Crippen molar-refractivity contribution in [2.75, 3.05) is 5.43 Å². The van der Waals surface area contributed by atoms with Gasteiger partial charge in [0.2, 0.25) is 5.13 Å². The molecule has 0 saturated heterocycles. The summed E-state index contributed by atoms with van der Waals surface area (Å²) >= 11 is 1.44. The van der Waals surface area contributed by atoms with Gasteiger partial charge in [-0.05, 0) is 13.0 Å². The Balaban J connectivity index is 2.11. The number of aromatic nitrogens is 1. The van der Waals surface area contributed by atoms with Gasteiger partial charge in [-0.3, -0.25) is 5.43 Å². The van der Waals surface area contributed by atoms with Gasteiger partial charge in [0.05, 0.1) is 17.5 Å². The molecule has 0 unspecified atom stereocenters. The molecule has 0 saturated carbocycles. The number of nitrogens with one attached hydrogen (secondary N) is 1. The van der Waals surface area contributed by atoms with Crippen LogP contribution in [-0.2, 0) is 0 Å². The molecule has 0 atom stereocenters. The number of nitrogens with zero attached hydrogens (tertiary/aromatic N) is 2. The van der Waals surface area contributed by atoms with Gasteiger partial charge < -0.3 is 5.11 Å². The minimum atomic E-state index is -0.970. The number of hydrazone groups is 1. The highest BCUT2D eigenvalue weighted by Crippen LogP contribution is 2.14. The first-order valence-corrected chi connectivity index (χ1v) is 6.08. The van der Waals surface area contributed by atoms with Gasteiger partial charge in [-0.1, -0.05) is 18.2 Å². The van der Waals surface area contributed by atoms with E-state index in [9.17, 15) is 4.79 Å². The third-order valence-corrected chi connectivity index (χ3v) is 3.04. The average Bonchev–Trinajstić information content (AvgIpc) is 2.75. The van der Waals surface area contributed by atoms with Gasteiger partial charge in [-0.2, -0.15) is 5.10 Å². The van der Waals surface area contributed by atoms with Crippen molar-refractivity contribution in [3.05, 3.63) is 46.5 Å². The predicted molar refractivity (Wildman–Crippen MR) is 71.5 cm³/mol. The molecule has 5 nitrogen and oxygen atoms in total. The van der Waals surface area contributed by atoms with Crippen molar-refractivity contribution in [1.29, 1.82) is 0 Å². The normalized spacial score (nSPS) is 10.7. The zero-order chi connectivity index (χ0) is 13.0. The predicted octanol–water partition coefficient (Wildman–Crippen LogP) is 2.60. The summed E-state index contributed by atoms with van der Waals surface area (Å²) in [6, 6.07) is 6.68. The van der Waals surface area contributed by atoms with Crippen LogP contribution in [-0.4, -0.2) is 22.3 Å². The number of thiazole rings is 1. The summed E-state index contributed by atoms with van der Waals surface area (Å²) < 4.78 is 0. The number of anilines is 1. The van der Waals surface area contributed by atoms with Gasteiger partial charge in [-0.15, -0.1) is 11.3 Å². The molecule has 0 amide bonds. The Kier molecular flexibility index (Phi) is 3.69. The minimum absolute atomic E-state index is 0.221. The molecule has 0 spiro atoms. The number of benzene rings is 1. The molecule has 2 aromatic rings. The molecule has 0 bridgehead atoms. The second-order valence-electron chi connectivity index (χ2n) is 3.56. The summed E-state index contributed by atoms with van der Waals surface area (Å²) in [7, 11) is 0. The zero-order valence-electron chi connectivity index (χ0n) is 9.62. The van der Waals surface area contributed by atoms with Crippen LogP contribution < -0.4 is 5.43 Å². The molecule has 0 aliphatic carbocycles. The van der Waals surface area contributed by atoms with E-state index in [4.69, 9.17) is 5.11 Å². The fraction of sp³-hybridized carbons (Fsp3) is 0.0833. The van der Waals surface area contributed by atoms with E-state index in [0.717, 1.165) is 5.69 Å². The summed E-state index contributed by atoms with van der Waals surface area (Å²) in [6.07, 6.45) is 1.47. The number of carbonyl (C=O) groups is 1. The van der Waals surface area contributed by atoms with Crippen LogP contribution in [0.1, 0.15) is 21.6 Å². The molecule has 1 heterocycles. The molecule has 18 heavy (non-hydrogen) atoms. The van der Waals surface area contributed by atoms with E-state index in [2.05, 4.69) is 15.5 Å². The smallest absolute Gasteiger partial charge is 0.336 e. The molecular formula is C12H11N3O2S. The van der Waals surface area contributed by atoms with E-state index in [0.29, 0.717) is 10.7 Å². The lowest BCUT2D eigenvalue weighted by atomic mass is 10.1. The molecule has 6 heteroatoms. The molecule has 2 N–H and O–H groups in total. The lowest BCUT2D eigenvalue weighted by Crippen LogP contribution is -2.02. The van der Waals surface area contributed by atoms with Gasteiger partial charge in [0, 0.05) is 10.9 Å². The molecule has 0 aliphatic rings. The third-order valence-electron chi connectivity index (χ3n) is 2.17. The lowest BCUT2D eigenvalue weighted by molar-refractivity contribution is 0.0697. The van der Waals surface area contributed by atoms with Gasteiger partial charge in [0.25, 0.3) is 0 Å². The zero-order valence-corrected chi connectivity index (χ0v) is 10.4. The first kappa shape index (κ1) is 12.3. The summed E-state index contributed by atoms with van der Waals surface area (Å²) in [4.78, 5) is 15.1. The lowest BCUT2D eigenvalue weighted by Gasteiger charge is -1.99. The second-order valence-corrected chi connectivity index (χ2v) is 4.41. The molecule has 92 valence electrons. The molecule has 2 rings (SSSR count). The summed E-state index contributed by atoms with van der Waals surface area (Å²) in [5.74, 6) is -0.970. The Bertz CT molecular complexity index is 593. The van der Waals surface area contributed by atoms with Crippen molar-refractivity contribution in [3.8, 4) is 0 Å². The van der Waals surface area contributed by atoms with Crippen molar-refractivity contribution >= 4 is 28.7 Å². The number of hydrogen-bond acceptors (Lipinski definition) is 5. The minimum Gasteiger partial charge on any atom is -0.478 e. The maximum atomic E-state index is 11.0. The monoisotopic (exact) mass is 261 g/mol. The van der Waals surface area contributed by atoms with Crippen LogP contribution in [0.15, 0.2) is 34.7 Å². The highest BCUT2D eigenvalue weighted by molar-refractivity contribution is 7.13. The van der Waals surface area contributed by atoms with Crippen molar-refractivity contribution in [2.45, 2.75) is 6.92 Å². The van der Waals surface area contributed by atoms with Crippen molar-refractivity contribution in [1.82, 2.24) is 4.98 Å². The van der Waals surface area contributed by atoms with E-state index in [1.54, 1.807) is 18.2 Å². The molecule has 1 aromatic heterocycles. The van der Waals surface area contributed by atoms with Gasteiger partial charge in [-0.25, -0.2) is 9.78 Å². The quantitative estimate of drug-likeness (QED) is 0.655. The number of rotatable bonds is 4. The summed E-state index contributed by atoms with van der Waals surface area (Å²) in [6.45, 7) is 1.89. The van der Waals surface area contributed by atoms with Crippen LogP contribution in [0.5, 0.6) is 0 Å². The standard InChI is InChI=1S/C12H11N3O2S/c1-8-7-18-12(14-8)15-13-6-9-4-2-3-5-10(9)11(16)17/h2-7H,1H3,(H,14,15)(H,16,17)/b13-6-. The molecule has 0 aliphatic heterocycles. The Morgan fingerprint density at radius 1 is 1.50 bits per heavy atom. The highest BCUT2D eigenvalue weighted by atomic mass is 32.1. The van der Waals surface area contributed by atoms with Gasteiger partial charge >= 0.3 is 5.97 Å². The molecule has 0 fully saturated rings. The highest BCUT2D eigenvalue weighted by Gasteiger charge is 2.06. The van der Waals surface area contributed by atoms with E-state index in [1.165, 1.54) is 23.6 Å². The van der Waals surface area contributed by atoms with Crippen molar-refractivity contribution in [3.63, 3.8) is 0 Å². The van der Waals surface area contributed by atoms with E-state index in [-0.39, 0.29) is 5.56 Å². The first-order valence-electron chi connectivity index (χ1n) is 5.20. The van der Waals surface area contributed by atoms with Crippen molar-refractivity contribution < 1.29 is 9.90 Å². The fourth-order valence-electron chi connectivity index (χ4n) is 1.37. The van der Waals surface area contributed by atoms with Gasteiger partial charge in [0.1, 0.15) is 0 Å². The molecule has 1 aromatic carbocycles. The van der Waals surface area contributed by atoms with Crippen LogP contribution >= 0.6 is 11.3 Å². The number of carboxylic acids is 1. The summed E-state index contributed by atoms with van der Waals surface area (Å²) in [5.41, 5.74) is 4.45. The number of aromatic carboxylic acids is 1. The number of hydrogen-bond donors (Lipinski definition) is 2. The third kappa shape index (κ3) is 2.92. The van der Waals surface area contributed by atoms with Crippen LogP contribution in [0.4, 0.5) is 5.13 Å². The number of carboxylic acid groups (broad SMARTS) is 1. The maximum absolute atomic E-state index is 11.0. The fourth-order valence-corrected chi connectivity index (χ4v) is 2.00. The molecule has 0 radical (unpaired) electrons. The average molecular weight is 261 g/mol. The van der Waals surface area contributed by atoms with Crippen LogP contribution in [0, 0.1) is 6.92 Å². The first-order chi connectivity index (χ1) is 8.66. The second kappa shape index (κ2) is 5.42. The van der Waals surface area contributed by atoms with Crippen molar-refractivity contribution in [2.24, 2.45) is 5.10 Å². The van der Waals surface area contributed by atoms with Crippen LogP contribution in [0.3, 0.4) is 0 Å². The Morgan fingerprint density at radius 3 is 2.94 bits per heavy atom.